The molecule has 1 aliphatic heterocycles. The van der Waals surface area contributed by atoms with Gasteiger partial charge in [0.15, 0.2) is 0 Å². The Kier molecular flexibility index (Phi) is 4.02. The summed E-state index contributed by atoms with van der Waals surface area (Å²) >= 11 is 0. The van der Waals surface area contributed by atoms with Crippen molar-refractivity contribution in [2.24, 2.45) is 0 Å². The van der Waals surface area contributed by atoms with Gasteiger partial charge in [0.05, 0.1) is 6.04 Å². The van der Waals surface area contributed by atoms with Crippen molar-refractivity contribution < 1.29 is 13.9 Å². The number of alkyl halides is 1. The minimum Gasteiger partial charge on any atom is -0.444 e. The van der Waals surface area contributed by atoms with Gasteiger partial charge in [-0.05, 0) is 34.6 Å². The van der Waals surface area contributed by atoms with Crippen molar-refractivity contribution in [3.63, 3.8) is 0 Å². The van der Waals surface area contributed by atoms with Crippen LogP contribution in [0, 0.1) is 0 Å². The van der Waals surface area contributed by atoms with Gasteiger partial charge in [0.2, 0.25) is 0 Å². The topological polar surface area (TPSA) is 41.6 Å². The smallest absolute Gasteiger partial charge is 0.410 e. The van der Waals surface area contributed by atoms with Crippen molar-refractivity contribution in [2.75, 3.05) is 19.6 Å². The van der Waals surface area contributed by atoms with Gasteiger partial charge in [0.1, 0.15) is 11.3 Å². The van der Waals surface area contributed by atoms with Gasteiger partial charge < -0.3 is 15.0 Å². The second-order valence-electron chi connectivity index (χ2n) is 6.00. The second-order valence-corrected chi connectivity index (χ2v) is 6.00. The number of ether oxygens (including phenoxy) is 1. The predicted octanol–water partition coefficient (Wildman–Crippen LogP) is 1.94. The minimum absolute atomic E-state index is 0.344. The molecule has 1 heterocycles. The Morgan fingerprint density at radius 3 is 2.41 bits per heavy atom. The van der Waals surface area contributed by atoms with E-state index in [9.17, 15) is 9.18 Å². The Hall–Kier alpha value is -0.840. The average Bonchev–Trinajstić information content (AvgIpc) is 2.14. The molecule has 0 aromatic rings. The first kappa shape index (κ1) is 14.2. The highest BCUT2D eigenvalue weighted by molar-refractivity contribution is 5.68. The van der Waals surface area contributed by atoms with E-state index in [1.54, 1.807) is 4.90 Å². The molecular formula is C12H23FN2O2. The molecule has 0 bridgehead atoms. The van der Waals surface area contributed by atoms with Gasteiger partial charge >= 0.3 is 6.09 Å². The Labute approximate surface area is 102 Å². The highest BCUT2D eigenvalue weighted by atomic mass is 19.1. The van der Waals surface area contributed by atoms with E-state index in [0.29, 0.717) is 19.6 Å². The van der Waals surface area contributed by atoms with Gasteiger partial charge in [0, 0.05) is 19.6 Å². The molecule has 4 nitrogen and oxygen atoms in total. The van der Waals surface area contributed by atoms with E-state index in [0.717, 1.165) is 0 Å². The lowest BCUT2D eigenvalue weighted by Crippen LogP contribution is -2.59. The molecule has 1 rings (SSSR count). The van der Waals surface area contributed by atoms with Gasteiger partial charge in [-0.1, -0.05) is 0 Å². The van der Waals surface area contributed by atoms with Crippen LogP contribution in [0.3, 0.4) is 0 Å². The van der Waals surface area contributed by atoms with Crippen molar-refractivity contribution in [1.82, 2.24) is 10.2 Å². The van der Waals surface area contributed by atoms with Crippen LogP contribution in [0.2, 0.25) is 0 Å². The third-order valence-electron chi connectivity index (χ3n) is 2.66. The van der Waals surface area contributed by atoms with E-state index in [2.05, 4.69) is 5.32 Å². The summed E-state index contributed by atoms with van der Waals surface area (Å²) in [6.07, 6.45) is -0.367. The Bertz CT molecular complexity index is 281. The maximum atomic E-state index is 13.8. The van der Waals surface area contributed by atoms with Gasteiger partial charge in [-0.15, -0.1) is 0 Å². The molecule has 1 fully saturated rings. The summed E-state index contributed by atoms with van der Waals surface area (Å²) < 4.78 is 19.1. The number of nitrogens with one attached hydrogen (secondary N) is 1. The highest BCUT2D eigenvalue weighted by Gasteiger charge is 2.35. The number of piperazine rings is 1. The number of amides is 1. The molecule has 100 valence electrons. The highest BCUT2D eigenvalue weighted by Crippen LogP contribution is 2.19. The molecule has 17 heavy (non-hydrogen) atoms. The molecular weight excluding hydrogens is 223 g/mol. The first-order valence-electron chi connectivity index (χ1n) is 6.00. The molecule has 1 aliphatic rings. The number of hydrogen-bond acceptors (Lipinski definition) is 3. The molecule has 0 aromatic heterocycles. The molecule has 0 aromatic carbocycles. The third kappa shape index (κ3) is 4.50. The molecule has 1 unspecified atom stereocenters. The molecule has 0 spiro atoms. The van der Waals surface area contributed by atoms with E-state index >= 15 is 0 Å². The number of nitrogens with zero attached hydrogens (tertiary/aromatic N) is 1. The minimum atomic E-state index is -1.35. The van der Waals surface area contributed by atoms with E-state index < -0.39 is 11.3 Å². The van der Waals surface area contributed by atoms with Crippen LogP contribution in [0.4, 0.5) is 9.18 Å². The number of carbonyl (C=O) groups excluding carboxylic acids is 1. The Morgan fingerprint density at radius 1 is 1.35 bits per heavy atom. The van der Waals surface area contributed by atoms with Crippen LogP contribution in [-0.2, 0) is 4.74 Å². The number of carbonyl (C=O) groups is 1. The van der Waals surface area contributed by atoms with Gasteiger partial charge in [-0.3, -0.25) is 0 Å². The van der Waals surface area contributed by atoms with Gasteiger partial charge in [-0.25, -0.2) is 9.18 Å². The van der Waals surface area contributed by atoms with Crippen LogP contribution in [0.15, 0.2) is 0 Å². The monoisotopic (exact) mass is 246 g/mol. The summed E-state index contributed by atoms with van der Waals surface area (Å²) in [4.78, 5) is 13.4. The fraction of sp³-hybridized carbons (Fsp3) is 0.917. The zero-order valence-electron chi connectivity index (χ0n) is 11.3. The Balaban J connectivity index is 2.58. The summed E-state index contributed by atoms with van der Waals surface area (Å²) in [5.41, 5.74) is -1.86. The fourth-order valence-electron chi connectivity index (χ4n) is 1.70. The van der Waals surface area contributed by atoms with E-state index in [1.165, 1.54) is 13.8 Å². The summed E-state index contributed by atoms with van der Waals surface area (Å²) in [6, 6.07) is -0.344. The molecule has 0 radical (unpaired) electrons. The molecule has 1 atom stereocenters. The molecule has 1 N–H and O–H groups in total. The van der Waals surface area contributed by atoms with E-state index in [-0.39, 0.29) is 12.1 Å². The van der Waals surface area contributed by atoms with E-state index in [1.807, 2.05) is 20.8 Å². The second kappa shape index (κ2) is 4.80. The lowest BCUT2D eigenvalue weighted by atomic mass is 9.99. The molecule has 0 saturated carbocycles. The van der Waals surface area contributed by atoms with Crippen molar-refractivity contribution in [3.8, 4) is 0 Å². The third-order valence-corrected chi connectivity index (χ3v) is 2.66. The largest absolute Gasteiger partial charge is 0.444 e. The fourth-order valence-corrected chi connectivity index (χ4v) is 1.70. The lowest BCUT2D eigenvalue weighted by Gasteiger charge is -2.38. The number of halogens is 1. The zero-order chi connectivity index (χ0) is 13.3. The predicted molar refractivity (Wildman–Crippen MR) is 64.8 cm³/mol. The maximum Gasteiger partial charge on any atom is 0.410 e. The summed E-state index contributed by atoms with van der Waals surface area (Å²) in [5, 5.41) is 3.08. The van der Waals surface area contributed by atoms with Gasteiger partial charge in [0.25, 0.3) is 0 Å². The molecule has 5 heteroatoms. The lowest BCUT2D eigenvalue weighted by molar-refractivity contribution is 0.0108. The van der Waals surface area contributed by atoms with Crippen LogP contribution in [0.5, 0.6) is 0 Å². The first-order chi connectivity index (χ1) is 7.59. The zero-order valence-corrected chi connectivity index (χ0v) is 11.3. The molecule has 1 amide bonds. The van der Waals surface area contributed by atoms with Crippen molar-refractivity contribution in [1.29, 1.82) is 0 Å². The van der Waals surface area contributed by atoms with Crippen LogP contribution in [-0.4, -0.2) is 47.9 Å². The summed E-state index contributed by atoms with van der Waals surface area (Å²) in [6.45, 7) is 10.0. The van der Waals surface area contributed by atoms with Crippen LogP contribution >= 0.6 is 0 Å². The standard InChI is InChI=1S/C12H23FN2O2/c1-11(2,3)17-10(16)15-7-6-14-9(8-15)12(4,5)13/h9,14H,6-8H2,1-5H3. The number of hydrogen-bond donors (Lipinski definition) is 1. The van der Waals surface area contributed by atoms with Crippen molar-refractivity contribution >= 4 is 6.09 Å². The van der Waals surface area contributed by atoms with Crippen LogP contribution in [0.25, 0.3) is 0 Å². The maximum absolute atomic E-state index is 13.8. The van der Waals surface area contributed by atoms with Crippen molar-refractivity contribution in [2.45, 2.75) is 51.9 Å². The SMILES string of the molecule is CC(C)(C)OC(=O)N1CCNC(C(C)(C)F)C1. The Morgan fingerprint density at radius 2 is 1.94 bits per heavy atom. The van der Waals surface area contributed by atoms with Crippen molar-refractivity contribution in [3.05, 3.63) is 0 Å². The van der Waals surface area contributed by atoms with Crippen LogP contribution in [0.1, 0.15) is 34.6 Å². The number of rotatable bonds is 1. The summed E-state index contributed by atoms with van der Waals surface area (Å²) in [7, 11) is 0. The van der Waals surface area contributed by atoms with Crippen LogP contribution < -0.4 is 5.32 Å². The van der Waals surface area contributed by atoms with Gasteiger partial charge in [-0.2, -0.15) is 0 Å². The molecule has 0 aliphatic carbocycles. The quantitative estimate of drug-likeness (QED) is 0.769. The first-order valence-corrected chi connectivity index (χ1v) is 6.00. The molecule has 1 saturated heterocycles. The normalized spacial score (nSPS) is 22.5. The van der Waals surface area contributed by atoms with E-state index in [4.69, 9.17) is 4.74 Å². The summed E-state index contributed by atoms with van der Waals surface area (Å²) in [5.74, 6) is 0. The average molecular weight is 246 g/mol.